The highest BCUT2D eigenvalue weighted by Gasteiger charge is 2.21. The standard InChI is InChI=1S/C14H20N2O5/c1-8(2)6-11(14(19)20)16-12(17)7-15-13(18)10-4-5-21-9(10)3/h4-5,8,11H,6-7H2,1-3H3,(H,15,18)(H,16,17)(H,19,20)/t11-/m0/s1. The van der Waals surface area contributed by atoms with Gasteiger partial charge >= 0.3 is 5.97 Å². The number of hydrogen-bond acceptors (Lipinski definition) is 4. The van der Waals surface area contributed by atoms with Crippen molar-refractivity contribution in [2.24, 2.45) is 5.92 Å². The van der Waals surface area contributed by atoms with Crippen LogP contribution in [-0.2, 0) is 9.59 Å². The molecule has 0 saturated heterocycles. The average Bonchev–Trinajstić information content (AvgIpc) is 2.81. The molecule has 1 atom stereocenters. The monoisotopic (exact) mass is 296 g/mol. The molecule has 1 aromatic heterocycles. The van der Waals surface area contributed by atoms with E-state index in [1.165, 1.54) is 12.3 Å². The van der Waals surface area contributed by atoms with E-state index in [0.717, 1.165) is 0 Å². The predicted octanol–water partition coefficient (Wildman–Crippen LogP) is 0.933. The van der Waals surface area contributed by atoms with Crippen molar-refractivity contribution in [2.75, 3.05) is 6.54 Å². The van der Waals surface area contributed by atoms with Crippen molar-refractivity contribution in [1.29, 1.82) is 0 Å². The lowest BCUT2D eigenvalue weighted by Crippen LogP contribution is -2.46. The van der Waals surface area contributed by atoms with Crippen LogP contribution < -0.4 is 10.6 Å². The summed E-state index contributed by atoms with van der Waals surface area (Å²) in [7, 11) is 0. The number of aryl methyl sites for hydroxylation is 1. The van der Waals surface area contributed by atoms with Crippen LogP contribution in [0.3, 0.4) is 0 Å². The molecule has 116 valence electrons. The predicted molar refractivity (Wildman–Crippen MR) is 74.8 cm³/mol. The minimum atomic E-state index is -1.09. The van der Waals surface area contributed by atoms with Gasteiger partial charge in [0, 0.05) is 0 Å². The summed E-state index contributed by atoms with van der Waals surface area (Å²) in [5.74, 6) is -1.48. The summed E-state index contributed by atoms with van der Waals surface area (Å²) in [6, 6.07) is 0.548. The zero-order valence-corrected chi connectivity index (χ0v) is 12.3. The lowest BCUT2D eigenvalue weighted by Gasteiger charge is -2.16. The van der Waals surface area contributed by atoms with E-state index in [4.69, 9.17) is 9.52 Å². The normalized spacial score (nSPS) is 12.0. The number of rotatable bonds is 7. The number of hydrogen-bond donors (Lipinski definition) is 3. The highest BCUT2D eigenvalue weighted by atomic mass is 16.4. The molecule has 21 heavy (non-hydrogen) atoms. The van der Waals surface area contributed by atoms with E-state index in [9.17, 15) is 14.4 Å². The summed E-state index contributed by atoms with van der Waals surface area (Å²) in [6.45, 7) is 5.08. The molecule has 1 heterocycles. The number of carbonyl (C=O) groups is 3. The third-order valence-electron chi connectivity index (χ3n) is 2.85. The van der Waals surface area contributed by atoms with Gasteiger partial charge < -0.3 is 20.2 Å². The quantitative estimate of drug-likeness (QED) is 0.693. The molecule has 0 bridgehead atoms. The summed E-state index contributed by atoms with van der Waals surface area (Å²) in [5.41, 5.74) is 0.347. The van der Waals surface area contributed by atoms with Gasteiger partial charge in [-0.1, -0.05) is 13.8 Å². The summed E-state index contributed by atoms with van der Waals surface area (Å²) >= 11 is 0. The van der Waals surface area contributed by atoms with Gasteiger partial charge in [0.05, 0.1) is 18.4 Å². The molecule has 0 aliphatic carbocycles. The lowest BCUT2D eigenvalue weighted by molar-refractivity contribution is -0.142. The highest BCUT2D eigenvalue weighted by molar-refractivity contribution is 5.97. The molecule has 7 nitrogen and oxygen atoms in total. The molecular weight excluding hydrogens is 276 g/mol. The third kappa shape index (κ3) is 5.29. The van der Waals surface area contributed by atoms with E-state index >= 15 is 0 Å². The molecule has 0 aromatic carbocycles. The van der Waals surface area contributed by atoms with Gasteiger partial charge in [0.25, 0.3) is 5.91 Å². The summed E-state index contributed by atoms with van der Waals surface area (Å²) in [6.07, 6.45) is 1.71. The molecule has 0 unspecified atom stereocenters. The number of nitrogens with one attached hydrogen (secondary N) is 2. The second kappa shape index (κ2) is 7.47. The van der Waals surface area contributed by atoms with Crippen molar-refractivity contribution in [3.63, 3.8) is 0 Å². The Labute approximate surface area is 122 Å². The van der Waals surface area contributed by atoms with E-state index in [1.807, 2.05) is 13.8 Å². The molecule has 1 rings (SSSR count). The second-order valence-corrected chi connectivity index (χ2v) is 5.16. The Morgan fingerprint density at radius 2 is 2.00 bits per heavy atom. The van der Waals surface area contributed by atoms with Gasteiger partial charge in [-0.2, -0.15) is 0 Å². The van der Waals surface area contributed by atoms with Crippen LogP contribution in [0.25, 0.3) is 0 Å². The van der Waals surface area contributed by atoms with E-state index in [0.29, 0.717) is 17.7 Å². The van der Waals surface area contributed by atoms with Crippen LogP contribution >= 0.6 is 0 Å². The largest absolute Gasteiger partial charge is 0.480 e. The van der Waals surface area contributed by atoms with Crippen LogP contribution in [0.5, 0.6) is 0 Å². The van der Waals surface area contributed by atoms with Gasteiger partial charge in [-0.25, -0.2) is 4.79 Å². The molecule has 7 heteroatoms. The van der Waals surface area contributed by atoms with Crippen LogP contribution in [0.4, 0.5) is 0 Å². The smallest absolute Gasteiger partial charge is 0.326 e. The Bertz CT molecular complexity index is 521. The van der Waals surface area contributed by atoms with Crippen LogP contribution in [0, 0.1) is 12.8 Å². The second-order valence-electron chi connectivity index (χ2n) is 5.16. The highest BCUT2D eigenvalue weighted by Crippen LogP contribution is 2.08. The average molecular weight is 296 g/mol. The first-order chi connectivity index (χ1) is 9.81. The molecular formula is C14H20N2O5. The zero-order chi connectivity index (χ0) is 16.0. The molecule has 3 N–H and O–H groups in total. The van der Waals surface area contributed by atoms with E-state index in [1.54, 1.807) is 6.92 Å². The van der Waals surface area contributed by atoms with Crippen molar-refractivity contribution >= 4 is 17.8 Å². The minimum Gasteiger partial charge on any atom is -0.480 e. The Morgan fingerprint density at radius 3 is 2.48 bits per heavy atom. The number of carbonyl (C=O) groups excluding carboxylic acids is 2. The van der Waals surface area contributed by atoms with Gasteiger partial charge in [0.1, 0.15) is 11.8 Å². The molecule has 0 aliphatic rings. The zero-order valence-electron chi connectivity index (χ0n) is 12.3. The Kier molecular flexibility index (Phi) is 5.95. The van der Waals surface area contributed by atoms with Crippen molar-refractivity contribution in [1.82, 2.24) is 10.6 Å². The third-order valence-corrected chi connectivity index (χ3v) is 2.85. The first-order valence-electron chi connectivity index (χ1n) is 6.65. The lowest BCUT2D eigenvalue weighted by atomic mass is 10.0. The van der Waals surface area contributed by atoms with Crippen molar-refractivity contribution < 1.29 is 23.9 Å². The maximum absolute atomic E-state index is 11.8. The van der Waals surface area contributed by atoms with Gasteiger partial charge in [0.2, 0.25) is 5.91 Å². The number of aliphatic carboxylic acids is 1. The van der Waals surface area contributed by atoms with Crippen LogP contribution in [-0.4, -0.2) is 35.5 Å². The fraction of sp³-hybridized carbons (Fsp3) is 0.500. The van der Waals surface area contributed by atoms with Crippen molar-refractivity contribution in [3.8, 4) is 0 Å². The van der Waals surface area contributed by atoms with Gasteiger partial charge in [-0.3, -0.25) is 9.59 Å². The van der Waals surface area contributed by atoms with Crippen molar-refractivity contribution in [3.05, 3.63) is 23.7 Å². The van der Waals surface area contributed by atoms with Gasteiger partial charge in [-0.05, 0) is 25.3 Å². The Hall–Kier alpha value is -2.31. The first-order valence-corrected chi connectivity index (χ1v) is 6.65. The SMILES string of the molecule is Cc1occc1C(=O)NCC(=O)N[C@@H](CC(C)C)C(=O)O. The molecule has 2 amide bonds. The van der Waals surface area contributed by atoms with Crippen LogP contribution in [0.1, 0.15) is 36.4 Å². The number of amides is 2. The molecule has 0 aliphatic heterocycles. The van der Waals surface area contributed by atoms with Crippen molar-refractivity contribution in [2.45, 2.75) is 33.2 Å². The van der Waals surface area contributed by atoms with Crippen LogP contribution in [0.15, 0.2) is 16.7 Å². The summed E-state index contributed by atoms with van der Waals surface area (Å²) in [5, 5.41) is 13.8. The fourth-order valence-electron chi connectivity index (χ4n) is 1.81. The number of carboxylic acids is 1. The Balaban J connectivity index is 2.48. The molecule has 1 aromatic rings. The first kappa shape index (κ1) is 16.7. The van der Waals surface area contributed by atoms with Gasteiger partial charge in [-0.15, -0.1) is 0 Å². The van der Waals surface area contributed by atoms with Gasteiger partial charge in [0.15, 0.2) is 0 Å². The number of carboxylic acid groups (broad SMARTS) is 1. The molecule has 0 fully saturated rings. The molecule has 0 radical (unpaired) electrons. The fourth-order valence-corrected chi connectivity index (χ4v) is 1.81. The van der Waals surface area contributed by atoms with E-state index in [-0.39, 0.29) is 12.5 Å². The molecule has 0 saturated carbocycles. The molecule has 0 spiro atoms. The van der Waals surface area contributed by atoms with E-state index in [2.05, 4.69) is 10.6 Å². The Morgan fingerprint density at radius 1 is 1.33 bits per heavy atom. The number of furan rings is 1. The summed E-state index contributed by atoms with van der Waals surface area (Å²) in [4.78, 5) is 34.5. The maximum Gasteiger partial charge on any atom is 0.326 e. The minimum absolute atomic E-state index is 0.134. The summed E-state index contributed by atoms with van der Waals surface area (Å²) < 4.78 is 4.99. The topological polar surface area (TPSA) is 109 Å². The maximum atomic E-state index is 11.8. The van der Waals surface area contributed by atoms with E-state index < -0.39 is 23.8 Å². The van der Waals surface area contributed by atoms with Crippen LogP contribution in [0.2, 0.25) is 0 Å².